The Morgan fingerprint density at radius 2 is 1.76 bits per heavy atom. The van der Waals surface area contributed by atoms with Crippen LogP contribution in [0.4, 0.5) is 10.5 Å². The highest BCUT2D eigenvalue weighted by Gasteiger charge is 2.35. The molecule has 1 fully saturated rings. The van der Waals surface area contributed by atoms with Gasteiger partial charge in [0.05, 0.1) is 21.3 Å². The molecule has 1 aliphatic heterocycles. The molecule has 1 heterocycles. The lowest BCUT2D eigenvalue weighted by molar-refractivity contribution is -0.387. The van der Waals surface area contributed by atoms with Crippen molar-refractivity contribution in [2.24, 2.45) is 0 Å². The van der Waals surface area contributed by atoms with Gasteiger partial charge in [0.15, 0.2) is 0 Å². The Hall–Kier alpha value is -3.07. The van der Waals surface area contributed by atoms with E-state index in [1.165, 1.54) is 28.8 Å². The molecular weight excluding hydrogens is 480 g/mol. The molecule has 166 valence electrons. The monoisotopic (exact) mass is 496 g/mol. The number of imide groups is 1. The molecule has 0 unspecified atom stereocenters. The Balaban J connectivity index is 1.56. The van der Waals surface area contributed by atoms with Crippen LogP contribution in [0.25, 0.3) is 6.08 Å². The van der Waals surface area contributed by atoms with Crippen LogP contribution < -0.4 is 0 Å². The van der Waals surface area contributed by atoms with Crippen LogP contribution in [0.2, 0.25) is 5.02 Å². The van der Waals surface area contributed by atoms with Crippen molar-refractivity contribution in [3.05, 3.63) is 103 Å². The van der Waals surface area contributed by atoms with Gasteiger partial charge in [-0.1, -0.05) is 59.3 Å². The summed E-state index contributed by atoms with van der Waals surface area (Å²) in [4.78, 5) is 39.1. The fraction of sp³-hybridized carbons (Fsp3) is 0.0833. The smallest absolute Gasteiger partial charge is 0.268 e. The first-order chi connectivity index (χ1) is 15.8. The van der Waals surface area contributed by atoms with E-state index < -0.39 is 10.8 Å². The number of carbonyl (C=O) groups excluding carboxylic acids is 2. The lowest BCUT2D eigenvalue weighted by atomic mass is 10.1. The van der Waals surface area contributed by atoms with Gasteiger partial charge in [-0.15, -0.1) is 0 Å². The van der Waals surface area contributed by atoms with Crippen molar-refractivity contribution in [3.8, 4) is 0 Å². The Morgan fingerprint density at radius 3 is 2.42 bits per heavy atom. The number of nitro benzene ring substituents is 1. The van der Waals surface area contributed by atoms with Gasteiger partial charge in [0.2, 0.25) is 0 Å². The summed E-state index contributed by atoms with van der Waals surface area (Å²) in [6, 6.07) is 19.4. The second-order valence-electron chi connectivity index (χ2n) is 7.29. The number of amides is 2. The Labute approximate surface area is 203 Å². The minimum Gasteiger partial charge on any atom is -0.268 e. The van der Waals surface area contributed by atoms with Crippen LogP contribution in [0.5, 0.6) is 0 Å². The van der Waals surface area contributed by atoms with Gasteiger partial charge in [-0.3, -0.25) is 24.6 Å². The molecule has 0 spiro atoms. The molecule has 9 heteroatoms. The van der Waals surface area contributed by atoms with Crippen LogP contribution in [0, 0.1) is 17.0 Å². The number of rotatable bonds is 6. The number of nitro groups is 1. The Morgan fingerprint density at radius 1 is 1.06 bits per heavy atom. The first-order valence-electron chi connectivity index (χ1n) is 9.83. The zero-order chi connectivity index (χ0) is 23.5. The van der Waals surface area contributed by atoms with E-state index in [4.69, 9.17) is 11.6 Å². The van der Waals surface area contributed by atoms with E-state index in [2.05, 4.69) is 0 Å². The molecule has 6 nitrogen and oxygen atoms in total. The summed E-state index contributed by atoms with van der Waals surface area (Å²) in [5.74, 6) is -0.409. The van der Waals surface area contributed by atoms with Crippen molar-refractivity contribution < 1.29 is 14.5 Å². The predicted molar refractivity (Wildman–Crippen MR) is 131 cm³/mol. The van der Waals surface area contributed by atoms with Crippen LogP contribution in [0.1, 0.15) is 16.7 Å². The Kier molecular flexibility index (Phi) is 6.88. The highest BCUT2D eigenvalue weighted by molar-refractivity contribution is 8.18. The number of nitrogens with zero attached hydrogens (tertiary/aromatic N) is 2. The van der Waals surface area contributed by atoms with Gasteiger partial charge in [-0.05, 0) is 66.2 Å². The van der Waals surface area contributed by atoms with Gasteiger partial charge in [-0.2, -0.15) is 0 Å². The van der Waals surface area contributed by atoms with Crippen LogP contribution >= 0.6 is 35.1 Å². The van der Waals surface area contributed by atoms with Crippen molar-refractivity contribution in [2.75, 3.05) is 0 Å². The number of halogens is 1. The molecule has 0 atom stereocenters. The highest BCUT2D eigenvalue weighted by atomic mass is 35.5. The molecule has 2 amide bonds. The third-order valence-electron chi connectivity index (χ3n) is 4.85. The maximum atomic E-state index is 12.8. The standard InChI is InChI=1S/C24H17ClN2O4S2/c1-15-2-4-16(5-3-15)14-26-23(28)22(33-24(26)29)13-17-6-11-21(20(12-17)27(30)31)32-19-9-7-18(25)8-10-19/h2-13H,14H2,1H3/b22-13-. The molecule has 0 aromatic heterocycles. The maximum absolute atomic E-state index is 12.8. The van der Waals surface area contributed by atoms with E-state index in [0.29, 0.717) is 15.5 Å². The third-order valence-corrected chi connectivity index (χ3v) is 7.09. The van der Waals surface area contributed by atoms with Gasteiger partial charge in [0.25, 0.3) is 16.8 Å². The fourth-order valence-corrected chi connectivity index (χ4v) is 5.01. The molecule has 1 saturated heterocycles. The van der Waals surface area contributed by atoms with Gasteiger partial charge < -0.3 is 0 Å². The highest BCUT2D eigenvalue weighted by Crippen LogP contribution is 2.38. The van der Waals surface area contributed by atoms with E-state index in [1.807, 2.05) is 31.2 Å². The maximum Gasteiger partial charge on any atom is 0.293 e. The Bertz CT molecular complexity index is 1270. The lowest BCUT2D eigenvalue weighted by Crippen LogP contribution is -2.27. The summed E-state index contributed by atoms with van der Waals surface area (Å²) in [6.07, 6.45) is 1.52. The zero-order valence-corrected chi connectivity index (χ0v) is 19.7. The molecule has 1 aliphatic rings. The van der Waals surface area contributed by atoms with Gasteiger partial charge >= 0.3 is 0 Å². The van der Waals surface area contributed by atoms with E-state index in [0.717, 1.165) is 27.8 Å². The molecule has 3 aromatic carbocycles. The van der Waals surface area contributed by atoms with E-state index >= 15 is 0 Å². The van der Waals surface area contributed by atoms with Crippen molar-refractivity contribution in [2.45, 2.75) is 23.3 Å². The minimum atomic E-state index is -0.460. The summed E-state index contributed by atoms with van der Waals surface area (Å²) < 4.78 is 0. The van der Waals surface area contributed by atoms with Crippen molar-refractivity contribution in [1.29, 1.82) is 0 Å². The average molecular weight is 497 g/mol. The van der Waals surface area contributed by atoms with Gasteiger partial charge in [0, 0.05) is 16.0 Å². The summed E-state index contributed by atoms with van der Waals surface area (Å²) in [6.45, 7) is 2.14. The van der Waals surface area contributed by atoms with E-state index in [9.17, 15) is 19.7 Å². The first-order valence-corrected chi connectivity index (χ1v) is 11.8. The van der Waals surface area contributed by atoms with E-state index in [-0.39, 0.29) is 22.4 Å². The fourth-order valence-electron chi connectivity index (χ4n) is 3.15. The number of hydrogen-bond donors (Lipinski definition) is 0. The molecule has 0 bridgehead atoms. The van der Waals surface area contributed by atoms with Crippen molar-refractivity contribution in [1.82, 2.24) is 4.90 Å². The first kappa shape index (κ1) is 23.1. The number of benzene rings is 3. The SMILES string of the molecule is Cc1ccc(CN2C(=O)S/C(=C\c3ccc(Sc4ccc(Cl)cc4)c([N+](=O)[O-])c3)C2=O)cc1. The zero-order valence-electron chi connectivity index (χ0n) is 17.4. The van der Waals surface area contributed by atoms with Crippen molar-refractivity contribution >= 4 is 58.0 Å². The molecular formula is C24H17ClN2O4S2. The third kappa shape index (κ3) is 5.47. The molecule has 33 heavy (non-hydrogen) atoms. The van der Waals surface area contributed by atoms with Crippen molar-refractivity contribution in [3.63, 3.8) is 0 Å². The lowest BCUT2D eigenvalue weighted by Gasteiger charge is -2.12. The van der Waals surface area contributed by atoms with Gasteiger partial charge in [-0.25, -0.2) is 0 Å². The number of hydrogen-bond acceptors (Lipinski definition) is 6. The summed E-state index contributed by atoms with van der Waals surface area (Å²) >= 11 is 7.98. The van der Waals surface area contributed by atoms with E-state index in [1.54, 1.807) is 36.4 Å². The van der Waals surface area contributed by atoms with Crippen LogP contribution in [-0.4, -0.2) is 21.0 Å². The topological polar surface area (TPSA) is 80.5 Å². The molecule has 0 radical (unpaired) electrons. The van der Waals surface area contributed by atoms with Crippen LogP contribution in [0.3, 0.4) is 0 Å². The molecule has 0 aliphatic carbocycles. The number of carbonyl (C=O) groups is 2. The number of aryl methyl sites for hydroxylation is 1. The summed E-state index contributed by atoms with van der Waals surface area (Å²) in [5, 5.41) is 11.9. The minimum absolute atomic E-state index is 0.0809. The molecule has 0 saturated carbocycles. The molecule has 0 N–H and O–H groups in total. The summed E-state index contributed by atoms with van der Waals surface area (Å²) in [5.41, 5.74) is 2.33. The quantitative estimate of drug-likeness (QED) is 0.209. The molecule has 4 rings (SSSR count). The van der Waals surface area contributed by atoms with Crippen LogP contribution in [0.15, 0.2) is 81.4 Å². The molecule has 3 aromatic rings. The second kappa shape index (κ2) is 9.82. The average Bonchev–Trinajstić information content (AvgIpc) is 3.05. The predicted octanol–water partition coefficient (Wildman–Crippen LogP) is 6.94. The number of thioether (sulfide) groups is 1. The van der Waals surface area contributed by atoms with Crippen LogP contribution in [-0.2, 0) is 11.3 Å². The summed E-state index contributed by atoms with van der Waals surface area (Å²) in [7, 11) is 0. The normalized spacial score (nSPS) is 14.8. The second-order valence-corrected chi connectivity index (χ2v) is 9.84. The largest absolute Gasteiger partial charge is 0.293 e. The van der Waals surface area contributed by atoms with Gasteiger partial charge in [0.1, 0.15) is 0 Å².